The predicted molar refractivity (Wildman–Crippen MR) is 132 cm³/mol. The van der Waals surface area contributed by atoms with Crippen LogP contribution in [-0.4, -0.2) is 61.8 Å². The van der Waals surface area contributed by atoms with E-state index < -0.39 is 33.5 Å². The molecule has 4 rings (SSSR count). The molecule has 7 nitrogen and oxygen atoms in total. The van der Waals surface area contributed by atoms with E-state index in [4.69, 9.17) is 0 Å². The second-order valence-electron chi connectivity index (χ2n) is 9.25. The second-order valence-corrected chi connectivity index (χ2v) is 11.3. The highest BCUT2D eigenvalue weighted by atomic mass is 32.2. The Kier molecular flexibility index (Phi) is 7.57. The summed E-state index contributed by atoms with van der Waals surface area (Å²) in [6.07, 6.45) is -1.68. The van der Waals surface area contributed by atoms with Gasteiger partial charge in [-0.25, -0.2) is 8.42 Å². The average molecular weight is 539 g/mol. The number of hydrogen-bond acceptors (Lipinski definition) is 6. The first-order valence-corrected chi connectivity index (χ1v) is 13.6. The number of aliphatic carboxylic acids is 1. The lowest BCUT2D eigenvalue weighted by Crippen LogP contribution is -2.57. The van der Waals surface area contributed by atoms with Gasteiger partial charge in [-0.05, 0) is 66.8 Å². The molecule has 0 spiro atoms. The fourth-order valence-electron chi connectivity index (χ4n) is 5.25. The maximum Gasteiger partial charge on any atom is 0.573 e. The van der Waals surface area contributed by atoms with E-state index in [1.807, 2.05) is 16.7 Å². The highest BCUT2D eigenvalue weighted by molar-refractivity contribution is 7.92. The number of ether oxygens (including phenoxy) is 1. The molecule has 0 aromatic heterocycles. The Balaban J connectivity index is 1.54. The molecule has 1 aliphatic carbocycles. The molecule has 1 saturated heterocycles. The van der Waals surface area contributed by atoms with Crippen molar-refractivity contribution in [2.24, 2.45) is 0 Å². The van der Waals surface area contributed by atoms with Gasteiger partial charge in [0.05, 0.1) is 10.8 Å². The van der Waals surface area contributed by atoms with Gasteiger partial charge in [-0.1, -0.05) is 19.1 Å². The molecule has 3 atom stereocenters. The molecule has 1 N–H and O–H groups in total. The normalized spacial score (nSPS) is 21.4. The summed E-state index contributed by atoms with van der Waals surface area (Å²) in [7, 11) is -3.90. The molecule has 2 aromatic rings. The average Bonchev–Trinajstić information content (AvgIpc) is 3.28. The summed E-state index contributed by atoms with van der Waals surface area (Å²) < 4.78 is 68.8. The highest BCUT2D eigenvalue weighted by Crippen LogP contribution is 2.36. The van der Waals surface area contributed by atoms with Crippen LogP contribution >= 0.6 is 0 Å². The van der Waals surface area contributed by atoms with Crippen LogP contribution in [0.5, 0.6) is 5.75 Å². The summed E-state index contributed by atoms with van der Waals surface area (Å²) in [4.78, 5) is 15.6. The largest absolute Gasteiger partial charge is 0.573 e. The number of sulfone groups is 1. The smallest absolute Gasteiger partial charge is 0.481 e. The number of fused-ring (bicyclic) bond motifs is 1. The maximum atomic E-state index is 13.7. The van der Waals surface area contributed by atoms with E-state index in [1.165, 1.54) is 30.3 Å². The van der Waals surface area contributed by atoms with E-state index in [0.717, 1.165) is 5.56 Å². The van der Waals surface area contributed by atoms with E-state index in [9.17, 15) is 31.5 Å². The van der Waals surface area contributed by atoms with Crippen molar-refractivity contribution in [2.45, 2.75) is 54.8 Å². The van der Waals surface area contributed by atoms with Crippen molar-refractivity contribution in [3.63, 3.8) is 0 Å². The first-order valence-electron chi connectivity index (χ1n) is 12.0. The number of carbonyl (C=O) groups is 1. The van der Waals surface area contributed by atoms with Crippen LogP contribution in [0.2, 0.25) is 0 Å². The minimum atomic E-state index is -4.76. The van der Waals surface area contributed by atoms with E-state index in [2.05, 4.69) is 11.3 Å². The highest BCUT2D eigenvalue weighted by Gasteiger charge is 2.39. The topological polar surface area (TPSA) is 87.2 Å². The molecule has 1 aliphatic heterocycles. The Bertz CT molecular complexity index is 1260. The minimum absolute atomic E-state index is 0.0711. The number of alkyl halides is 3. The summed E-state index contributed by atoms with van der Waals surface area (Å²) in [6, 6.07) is 10.2. The van der Waals surface area contributed by atoms with Crippen molar-refractivity contribution in [1.29, 1.82) is 0 Å². The lowest BCUT2D eigenvalue weighted by atomic mass is 10.0. The molecule has 2 aromatic carbocycles. The molecule has 0 amide bonds. The first-order chi connectivity index (χ1) is 17.4. The molecular weight excluding hydrogens is 509 g/mol. The molecular formula is C26H29F3N2O5S. The van der Waals surface area contributed by atoms with E-state index in [0.29, 0.717) is 50.1 Å². The van der Waals surface area contributed by atoms with Gasteiger partial charge in [-0.3, -0.25) is 9.69 Å². The number of piperazine rings is 1. The Labute approximate surface area is 214 Å². The summed E-state index contributed by atoms with van der Waals surface area (Å²) in [5.74, 6) is -1.99. The van der Waals surface area contributed by atoms with Crippen LogP contribution in [0, 0.1) is 0 Å². The van der Waals surface area contributed by atoms with Gasteiger partial charge in [0.2, 0.25) is 0 Å². The van der Waals surface area contributed by atoms with Crippen molar-refractivity contribution in [1.82, 2.24) is 4.90 Å². The first kappa shape index (κ1) is 27.0. The monoisotopic (exact) mass is 538 g/mol. The van der Waals surface area contributed by atoms with Crippen molar-refractivity contribution in [2.75, 3.05) is 24.5 Å². The number of rotatable bonds is 8. The third-order valence-corrected chi connectivity index (χ3v) is 9.11. The molecule has 3 unspecified atom stereocenters. The Morgan fingerprint density at radius 1 is 1.22 bits per heavy atom. The molecule has 11 heteroatoms. The summed E-state index contributed by atoms with van der Waals surface area (Å²) in [5.41, 5.74) is 2.11. The van der Waals surface area contributed by atoms with Gasteiger partial charge >= 0.3 is 12.3 Å². The third kappa shape index (κ3) is 5.62. The summed E-state index contributed by atoms with van der Waals surface area (Å²) in [6.45, 7) is 7.06. The Morgan fingerprint density at radius 3 is 2.51 bits per heavy atom. The van der Waals surface area contributed by atoms with Crippen LogP contribution in [-0.2, 0) is 21.1 Å². The van der Waals surface area contributed by atoms with Gasteiger partial charge < -0.3 is 14.7 Å². The van der Waals surface area contributed by atoms with Crippen LogP contribution in [0.25, 0.3) is 0 Å². The SMILES string of the molecule is C=CC(N1CCN(c2ccc(OC(F)(F)F)cc2)CC1CC)S(=O)(=O)c1ccc2c(c1)C(C(=O)O)CC2. The van der Waals surface area contributed by atoms with Crippen LogP contribution in [0.15, 0.2) is 60.0 Å². The number of carboxylic acid groups (broad SMARTS) is 1. The van der Waals surface area contributed by atoms with Gasteiger partial charge in [0.1, 0.15) is 11.1 Å². The van der Waals surface area contributed by atoms with Gasteiger partial charge in [0.15, 0.2) is 9.84 Å². The fraction of sp³-hybridized carbons (Fsp3) is 0.423. The number of hydrogen-bond donors (Lipinski definition) is 1. The van der Waals surface area contributed by atoms with Gasteiger partial charge in [0.25, 0.3) is 0 Å². The minimum Gasteiger partial charge on any atom is -0.481 e. The number of nitrogens with zero attached hydrogens (tertiary/aromatic N) is 2. The molecule has 37 heavy (non-hydrogen) atoms. The van der Waals surface area contributed by atoms with E-state index in [1.54, 1.807) is 18.2 Å². The quantitative estimate of drug-likeness (QED) is 0.492. The van der Waals surface area contributed by atoms with Gasteiger partial charge in [-0.2, -0.15) is 0 Å². The van der Waals surface area contributed by atoms with Crippen LogP contribution in [0.3, 0.4) is 0 Å². The lowest BCUT2D eigenvalue weighted by Gasteiger charge is -2.44. The van der Waals surface area contributed by atoms with E-state index >= 15 is 0 Å². The van der Waals surface area contributed by atoms with Crippen LogP contribution in [0.4, 0.5) is 18.9 Å². The van der Waals surface area contributed by atoms with Crippen LogP contribution < -0.4 is 9.64 Å². The standard InChI is InChI=1S/C26H29F3N2O5S/c1-3-18-16-30(19-7-9-20(10-8-19)36-26(27,28)29)13-14-31(18)24(4-2)37(34,35)21-11-5-17-6-12-22(25(32)33)23(17)15-21/h4-5,7-11,15,18,22,24H,2-3,6,12-14,16H2,1H3,(H,32,33). The Morgan fingerprint density at radius 2 is 1.92 bits per heavy atom. The lowest BCUT2D eigenvalue weighted by molar-refractivity contribution is -0.274. The number of benzene rings is 2. The Hall–Kier alpha value is -3.05. The van der Waals surface area contributed by atoms with Gasteiger partial charge in [-0.15, -0.1) is 19.8 Å². The molecule has 1 heterocycles. The number of carboxylic acids is 1. The molecule has 0 radical (unpaired) electrons. The fourth-order valence-corrected chi connectivity index (χ4v) is 6.97. The van der Waals surface area contributed by atoms with Crippen LogP contribution in [0.1, 0.15) is 36.8 Å². The van der Waals surface area contributed by atoms with Crippen molar-refractivity contribution < 1.29 is 36.2 Å². The second kappa shape index (κ2) is 10.4. The third-order valence-electron chi connectivity index (χ3n) is 7.10. The molecule has 0 bridgehead atoms. The zero-order valence-electron chi connectivity index (χ0n) is 20.3. The maximum absolute atomic E-state index is 13.7. The summed E-state index contributed by atoms with van der Waals surface area (Å²) >= 11 is 0. The van der Waals surface area contributed by atoms with Crippen molar-refractivity contribution >= 4 is 21.5 Å². The van der Waals surface area contributed by atoms with Gasteiger partial charge in [0, 0.05) is 31.4 Å². The molecule has 0 saturated carbocycles. The number of halogens is 3. The van der Waals surface area contributed by atoms with Crippen molar-refractivity contribution in [3.05, 3.63) is 66.2 Å². The summed E-state index contributed by atoms with van der Waals surface area (Å²) in [5, 5.41) is 8.52. The molecule has 200 valence electrons. The number of aryl methyl sites for hydroxylation is 1. The van der Waals surface area contributed by atoms with Crippen molar-refractivity contribution in [3.8, 4) is 5.75 Å². The molecule has 2 aliphatic rings. The van der Waals surface area contributed by atoms with E-state index in [-0.39, 0.29) is 16.7 Å². The molecule has 1 fully saturated rings. The predicted octanol–water partition coefficient (Wildman–Crippen LogP) is 4.59. The number of anilines is 1. The zero-order chi connectivity index (χ0) is 27.0. The zero-order valence-corrected chi connectivity index (χ0v) is 21.1.